The molecule has 1 aliphatic rings. The lowest BCUT2D eigenvalue weighted by atomic mass is 9.72. The molecular weight excluding hydrogens is 330 g/mol. The third-order valence-corrected chi connectivity index (χ3v) is 5.18. The van der Waals surface area contributed by atoms with Crippen molar-refractivity contribution in [2.75, 3.05) is 6.54 Å². The van der Waals surface area contributed by atoms with Crippen LogP contribution in [0.1, 0.15) is 17.5 Å². The summed E-state index contributed by atoms with van der Waals surface area (Å²) in [5, 5.41) is 0. The van der Waals surface area contributed by atoms with Crippen LogP contribution in [0.4, 0.5) is 0 Å². The number of carbonyl (C=O) groups is 1. The molecule has 2 aromatic carbocycles. The molecule has 1 unspecified atom stereocenters. The van der Waals surface area contributed by atoms with Crippen LogP contribution < -0.4 is 0 Å². The first kappa shape index (κ1) is 18.9. The van der Waals surface area contributed by atoms with Crippen LogP contribution in [-0.2, 0) is 17.6 Å². The topological polar surface area (TPSA) is 20.3 Å². The van der Waals surface area contributed by atoms with Crippen molar-refractivity contribution in [3.63, 3.8) is 0 Å². The minimum Gasteiger partial charge on any atom is -0.331 e. The van der Waals surface area contributed by atoms with E-state index in [0.717, 1.165) is 6.42 Å². The standard InChI is InChI=1S/C25H27NO/c1-3-11-23-16-17-25(24(27)26(23)18-4-2,19-21-12-7-5-8-13-21)20-22-14-9-6-10-15-22/h3-10,12-17,23H,1-2,11,18-20H2. The Morgan fingerprint density at radius 1 is 0.889 bits per heavy atom. The predicted molar refractivity (Wildman–Crippen MR) is 112 cm³/mol. The van der Waals surface area contributed by atoms with Gasteiger partial charge in [-0.05, 0) is 30.4 Å². The van der Waals surface area contributed by atoms with Crippen molar-refractivity contribution in [1.82, 2.24) is 4.90 Å². The van der Waals surface area contributed by atoms with Gasteiger partial charge in [0.15, 0.2) is 0 Å². The van der Waals surface area contributed by atoms with E-state index in [9.17, 15) is 4.79 Å². The highest BCUT2D eigenvalue weighted by Crippen LogP contribution is 2.36. The smallest absolute Gasteiger partial charge is 0.234 e. The number of hydrogen-bond donors (Lipinski definition) is 0. The highest BCUT2D eigenvalue weighted by Gasteiger charge is 2.43. The molecule has 1 heterocycles. The Bertz CT molecular complexity index is 765. The lowest BCUT2D eigenvalue weighted by Crippen LogP contribution is -2.52. The Hall–Kier alpha value is -2.87. The zero-order chi connectivity index (χ0) is 19.1. The van der Waals surface area contributed by atoms with Crippen molar-refractivity contribution < 1.29 is 4.79 Å². The van der Waals surface area contributed by atoms with Gasteiger partial charge in [0, 0.05) is 6.54 Å². The fourth-order valence-electron chi connectivity index (χ4n) is 3.89. The Balaban J connectivity index is 2.02. The quantitative estimate of drug-likeness (QED) is 0.610. The van der Waals surface area contributed by atoms with Gasteiger partial charge >= 0.3 is 0 Å². The SMILES string of the molecule is C=CCC1C=CC(Cc2ccccc2)(Cc2ccccc2)C(=O)N1CC=C. The first-order valence-corrected chi connectivity index (χ1v) is 9.48. The Morgan fingerprint density at radius 2 is 1.44 bits per heavy atom. The van der Waals surface area contributed by atoms with Gasteiger partial charge in [0.05, 0.1) is 11.5 Å². The molecular formula is C25H27NO. The summed E-state index contributed by atoms with van der Waals surface area (Å²) in [4.78, 5) is 15.7. The second-order valence-corrected chi connectivity index (χ2v) is 7.18. The first-order chi connectivity index (χ1) is 13.2. The maximum Gasteiger partial charge on any atom is 0.234 e. The van der Waals surface area contributed by atoms with Gasteiger partial charge in [-0.1, -0.05) is 85.0 Å². The summed E-state index contributed by atoms with van der Waals surface area (Å²) in [5.41, 5.74) is 1.77. The molecule has 0 N–H and O–H groups in total. The lowest BCUT2D eigenvalue weighted by molar-refractivity contribution is -0.141. The molecule has 2 aromatic rings. The van der Waals surface area contributed by atoms with Crippen molar-refractivity contribution in [3.05, 3.63) is 109 Å². The summed E-state index contributed by atoms with van der Waals surface area (Å²) in [7, 11) is 0. The molecule has 27 heavy (non-hydrogen) atoms. The van der Waals surface area contributed by atoms with Gasteiger partial charge in [-0.3, -0.25) is 4.79 Å². The largest absolute Gasteiger partial charge is 0.331 e. The molecule has 2 heteroatoms. The van der Waals surface area contributed by atoms with Gasteiger partial charge in [-0.2, -0.15) is 0 Å². The molecule has 3 rings (SSSR count). The molecule has 0 aromatic heterocycles. The summed E-state index contributed by atoms with van der Waals surface area (Å²) in [5.74, 6) is 0.171. The second-order valence-electron chi connectivity index (χ2n) is 7.18. The van der Waals surface area contributed by atoms with E-state index in [2.05, 4.69) is 49.6 Å². The van der Waals surface area contributed by atoms with Gasteiger partial charge in [0.25, 0.3) is 0 Å². The minimum atomic E-state index is -0.580. The van der Waals surface area contributed by atoms with Crippen LogP contribution in [-0.4, -0.2) is 23.4 Å². The lowest BCUT2D eigenvalue weighted by Gasteiger charge is -2.42. The Morgan fingerprint density at radius 3 is 1.93 bits per heavy atom. The molecule has 2 nitrogen and oxygen atoms in total. The Labute approximate surface area is 162 Å². The van der Waals surface area contributed by atoms with Crippen LogP contribution in [0.2, 0.25) is 0 Å². The first-order valence-electron chi connectivity index (χ1n) is 9.48. The fraction of sp³-hybridized carbons (Fsp3) is 0.240. The van der Waals surface area contributed by atoms with E-state index in [0.29, 0.717) is 19.4 Å². The van der Waals surface area contributed by atoms with Crippen molar-refractivity contribution >= 4 is 5.91 Å². The molecule has 0 saturated heterocycles. The minimum absolute atomic E-state index is 0.0488. The summed E-state index contributed by atoms with van der Waals surface area (Å²) in [6.45, 7) is 8.25. The van der Waals surface area contributed by atoms with E-state index >= 15 is 0 Å². The van der Waals surface area contributed by atoms with Crippen LogP contribution in [0, 0.1) is 5.41 Å². The van der Waals surface area contributed by atoms with Gasteiger partial charge in [-0.25, -0.2) is 0 Å². The third kappa shape index (κ3) is 4.28. The van der Waals surface area contributed by atoms with Gasteiger partial charge in [-0.15, -0.1) is 13.2 Å². The number of nitrogens with zero attached hydrogens (tertiary/aromatic N) is 1. The van der Waals surface area contributed by atoms with Crippen molar-refractivity contribution in [1.29, 1.82) is 0 Å². The van der Waals surface area contributed by atoms with Crippen LogP contribution >= 0.6 is 0 Å². The number of rotatable bonds is 8. The van der Waals surface area contributed by atoms with Gasteiger partial charge in [0.2, 0.25) is 5.91 Å². The molecule has 0 saturated carbocycles. The monoisotopic (exact) mass is 357 g/mol. The molecule has 0 radical (unpaired) electrons. The van der Waals surface area contributed by atoms with E-state index in [1.165, 1.54) is 11.1 Å². The predicted octanol–water partition coefficient (Wildman–Crippen LogP) is 4.99. The molecule has 0 bridgehead atoms. The van der Waals surface area contributed by atoms with Crippen LogP contribution in [0.15, 0.2) is 98.1 Å². The summed E-state index contributed by atoms with van der Waals surface area (Å²) in [6, 6.07) is 20.6. The fourth-order valence-corrected chi connectivity index (χ4v) is 3.89. The normalized spacial score (nSPS) is 18.3. The van der Waals surface area contributed by atoms with Crippen molar-refractivity contribution in [2.24, 2.45) is 5.41 Å². The number of amides is 1. The second kappa shape index (κ2) is 8.68. The molecule has 1 amide bonds. The van der Waals surface area contributed by atoms with Crippen LogP contribution in [0.25, 0.3) is 0 Å². The van der Waals surface area contributed by atoms with Crippen molar-refractivity contribution in [3.8, 4) is 0 Å². The highest BCUT2D eigenvalue weighted by molar-refractivity contribution is 5.87. The average molecular weight is 357 g/mol. The Kier molecular flexibility index (Phi) is 6.08. The third-order valence-electron chi connectivity index (χ3n) is 5.18. The van der Waals surface area contributed by atoms with Crippen molar-refractivity contribution in [2.45, 2.75) is 25.3 Å². The van der Waals surface area contributed by atoms with Gasteiger partial charge in [0.1, 0.15) is 0 Å². The molecule has 138 valence electrons. The van der Waals surface area contributed by atoms with E-state index in [-0.39, 0.29) is 11.9 Å². The molecule has 1 atom stereocenters. The highest BCUT2D eigenvalue weighted by atomic mass is 16.2. The molecule has 1 aliphatic heterocycles. The number of carbonyl (C=O) groups excluding carboxylic acids is 1. The van der Waals surface area contributed by atoms with Crippen LogP contribution in [0.5, 0.6) is 0 Å². The van der Waals surface area contributed by atoms with E-state index in [1.54, 1.807) is 0 Å². The summed E-state index contributed by atoms with van der Waals surface area (Å²) >= 11 is 0. The summed E-state index contributed by atoms with van der Waals surface area (Å²) < 4.78 is 0. The number of benzene rings is 2. The molecule has 0 spiro atoms. The maximum atomic E-state index is 13.7. The molecule has 0 aliphatic carbocycles. The van der Waals surface area contributed by atoms with Gasteiger partial charge < -0.3 is 4.90 Å². The average Bonchev–Trinajstić information content (AvgIpc) is 2.69. The van der Waals surface area contributed by atoms with E-state index in [1.807, 2.05) is 53.5 Å². The van der Waals surface area contributed by atoms with Crippen LogP contribution in [0.3, 0.4) is 0 Å². The maximum absolute atomic E-state index is 13.7. The zero-order valence-electron chi connectivity index (χ0n) is 15.8. The van der Waals surface area contributed by atoms with E-state index in [4.69, 9.17) is 0 Å². The molecule has 0 fully saturated rings. The van der Waals surface area contributed by atoms with E-state index < -0.39 is 5.41 Å². The number of hydrogen-bond acceptors (Lipinski definition) is 1. The summed E-state index contributed by atoms with van der Waals surface area (Å²) in [6.07, 6.45) is 10.1. The zero-order valence-corrected chi connectivity index (χ0v) is 15.8.